The Kier molecular flexibility index (Phi) is 5.87. The SMILES string of the molecule is O=C(NC(C(=O)NC1CCNC(=O)C1=O)C1CNC1=O)OCc1ccccc1. The van der Waals surface area contributed by atoms with E-state index in [9.17, 15) is 24.0 Å². The van der Waals surface area contributed by atoms with Gasteiger partial charge in [-0.05, 0) is 12.0 Å². The molecule has 2 aliphatic heterocycles. The number of rotatable bonds is 6. The molecule has 28 heavy (non-hydrogen) atoms. The summed E-state index contributed by atoms with van der Waals surface area (Å²) in [4.78, 5) is 59.8. The summed E-state index contributed by atoms with van der Waals surface area (Å²) >= 11 is 0. The van der Waals surface area contributed by atoms with Gasteiger partial charge in [0, 0.05) is 13.1 Å². The van der Waals surface area contributed by atoms with E-state index in [1.165, 1.54) is 0 Å². The maximum atomic E-state index is 12.6. The Morgan fingerprint density at radius 2 is 1.89 bits per heavy atom. The van der Waals surface area contributed by atoms with Gasteiger partial charge in [-0.2, -0.15) is 0 Å². The molecule has 4 N–H and O–H groups in total. The van der Waals surface area contributed by atoms with Crippen molar-refractivity contribution < 1.29 is 28.7 Å². The molecule has 0 bridgehead atoms. The van der Waals surface area contributed by atoms with Crippen LogP contribution >= 0.6 is 0 Å². The molecule has 3 rings (SSSR count). The third-order valence-electron chi connectivity index (χ3n) is 4.58. The molecule has 1 aromatic rings. The Balaban J connectivity index is 1.61. The van der Waals surface area contributed by atoms with E-state index >= 15 is 0 Å². The number of hydrogen-bond donors (Lipinski definition) is 4. The van der Waals surface area contributed by atoms with Crippen molar-refractivity contribution in [2.45, 2.75) is 25.1 Å². The summed E-state index contributed by atoms with van der Waals surface area (Å²) in [6.07, 6.45) is -0.630. The number of carbonyl (C=O) groups is 5. The maximum Gasteiger partial charge on any atom is 0.408 e. The van der Waals surface area contributed by atoms with Crippen molar-refractivity contribution in [3.05, 3.63) is 35.9 Å². The van der Waals surface area contributed by atoms with E-state index in [0.29, 0.717) is 0 Å². The van der Waals surface area contributed by atoms with Gasteiger partial charge in [0.15, 0.2) is 0 Å². The van der Waals surface area contributed by atoms with E-state index in [1.54, 1.807) is 24.3 Å². The number of carbonyl (C=O) groups excluding carboxylic acids is 5. The van der Waals surface area contributed by atoms with Crippen molar-refractivity contribution >= 4 is 29.6 Å². The molecule has 0 radical (unpaired) electrons. The van der Waals surface area contributed by atoms with Crippen molar-refractivity contribution in [2.24, 2.45) is 5.92 Å². The first-order valence-electron chi connectivity index (χ1n) is 8.83. The molecule has 2 heterocycles. The van der Waals surface area contributed by atoms with Gasteiger partial charge in [-0.25, -0.2) is 4.79 Å². The van der Waals surface area contributed by atoms with Crippen LogP contribution in [0.25, 0.3) is 0 Å². The van der Waals surface area contributed by atoms with E-state index in [4.69, 9.17) is 4.74 Å². The summed E-state index contributed by atoms with van der Waals surface area (Å²) in [5, 5.41) is 9.73. The number of benzene rings is 1. The van der Waals surface area contributed by atoms with Crippen LogP contribution in [-0.2, 0) is 30.5 Å². The maximum absolute atomic E-state index is 12.6. The van der Waals surface area contributed by atoms with Crippen molar-refractivity contribution in [1.29, 1.82) is 0 Å². The van der Waals surface area contributed by atoms with Crippen molar-refractivity contribution in [3.8, 4) is 0 Å². The minimum absolute atomic E-state index is 0.000836. The second-order valence-corrected chi connectivity index (χ2v) is 6.51. The van der Waals surface area contributed by atoms with Crippen LogP contribution in [0.4, 0.5) is 4.79 Å². The average molecular weight is 388 g/mol. The number of nitrogens with one attached hydrogen (secondary N) is 4. The third kappa shape index (κ3) is 4.45. The summed E-state index contributed by atoms with van der Waals surface area (Å²) in [6.45, 7) is 0.449. The molecule has 0 saturated carbocycles. The molecule has 2 aliphatic rings. The molecule has 10 heteroatoms. The highest BCUT2D eigenvalue weighted by molar-refractivity contribution is 6.39. The van der Waals surface area contributed by atoms with E-state index in [-0.39, 0.29) is 26.1 Å². The molecule has 0 aliphatic carbocycles. The Morgan fingerprint density at radius 3 is 2.54 bits per heavy atom. The van der Waals surface area contributed by atoms with Crippen LogP contribution in [0, 0.1) is 5.92 Å². The standard InChI is InChI=1S/C18H20N4O6/c23-14-12(6-7-19-17(14)26)21-16(25)13(11-8-20-15(11)24)22-18(27)28-9-10-4-2-1-3-5-10/h1-5,11-13H,6-9H2,(H,19,26)(H,20,24)(H,21,25)(H,22,27). The predicted molar refractivity (Wildman–Crippen MR) is 94.6 cm³/mol. The monoisotopic (exact) mass is 388 g/mol. The summed E-state index contributed by atoms with van der Waals surface area (Å²) in [5.41, 5.74) is 0.763. The molecule has 3 unspecified atom stereocenters. The number of Topliss-reactive ketones (excluding diaryl/α,β-unsaturated/α-hetero) is 1. The molecule has 0 spiro atoms. The molecular formula is C18H20N4O6. The van der Waals surface area contributed by atoms with Gasteiger partial charge in [-0.3, -0.25) is 19.2 Å². The van der Waals surface area contributed by atoms with Crippen LogP contribution in [0.15, 0.2) is 30.3 Å². The summed E-state index contributed by atoms with van der Waals surface area (Å²) in [6, 6.07) is 6.76. The van der Waals surface area contributed by atoms with Crippen LogP contribution < -0.4 is 21.3 Å². The number of β-lactam (4-membered cyclic amide) rings is 1. The van der Waals surface area contributed by atoms with E-state index in [2.05, 4.69) is 21.3 Å². The Labute approximate surface area is 160 Å². The lowest BCUT2D eigenvalue weighted by Gasteiger charge is -2.33. The van der Waals surface area contributed by atoms with Crippen molar-refractivity contribution in [1.82, 2.24) is 21.3 Å². The molecule has 0 aromatic heterocycles. The summed E-state index contributed by atoms with van der Waals surface area (Å²) in [7, 11) is 0. The highest BCUT2D eigenvalue weighted by Gasteiger charge is 2.42. The van der Waals surface area contributed by atoms with Gasteiger partial charge < -0.3 is 26.0 Å². The number of ketones is 1. The molecule has 4 amide bonds. The Hall–Kier alpha value is -3.43. The van der Waals surface area contributed by atoms with E-state index in [1.807, 2.05) is 6.07 Å². The summed E-state index contributed by atoms with van der Waals surface area (Å²) < 4.78 is 5.10. The topological polar surface area (TPSA) is 143 Å². The third-order valence-corrected chi connectivity index (χ3v) is 4.58. The first-order chi connectivity index (χ1) is 13.5. The molecule has 2 saturated heterocycles. The number of alkyl carbamates (subject to hydrolysis) is 1. The van der Waals surface area contributed by atoms with Gasteiger partial charge in [0.2, 0.25) is 17.6 Å². The lowest BCUT2D eigenvalue weighted by atomic mass is 9.91. The van der Waals surface area contributed by atoms with Crippen LogP contribution in [0.3, 0.4) is 0 Å². The quantitative estimate of drug-likeness (QED) is 0.349. The molecule has 1 aromatic carbocycles. The minimum atomic E-state index is -1.21. The van der Waals surface area contributed by atoms with Crippen molar-refractivity contribution in [2.75, 3.05) is 13.1 Å². The van der Waals surface area contributed by atoms with E-state index in [0.717, 1.165) is 5.56 Å². The molecule has 3 atom stereocenters. The zero-order valence-corrected chi connectivity index (χ0v) is 14.9. The lowest BCUT2D eigenvalue weighted by Crippen LogP contribution is -2.65. The van der Waals surface area contributed by atoms with Crippen LogP contribution in [0.5, 0.6) is 0 Å². The summed E-state index contributed by atoms with van der Waals surface area (Å²) in [5.74, 6) is -3.43. The predicted octanol–water partition coefficient (Wildman–Crippen LogP) is -1.40. The fourth-order valence-corrected chi connectivity index (χ4v) is 2.92. The van der Waals surface area contributed by atoms with E-state index < -0.39 is 47.6 Å². The first kappa shape index (κ1) is 19.3. The number of amides is 4. The highest BCUT2D eigenvalue weighted by atomic mass is 16.5. The smallest absolute Gasteiger partial charge is 0.408 e. The lowest BCUT2D eigenvalue weighted by molar-refractivity contribution is -0.143. The number of piperidine rings is 1. The van der Waals surface area contributed by atoms with Gasteiger partial charge in [0.1, 0.15) is 12.6 Å². The van der Waals surface area contributed by atoms with Gasteiger partial charge in [-0.1, -0.05) is 30.3 Å². The van der Waals surface area contributed by atoms with Crippen LogP contribution in [-0.4, -0.2) is 54.8 Å². The molecule has 148 valence electrons. The average Bonchev–Trinajstić information content (AvgIpc) is 2.69. The first-order valence-corrected chi connectivity index (χ1v) is 8.83. The number of ether oxygens (including phenoxy) is 1. The highest BCUT2D eigenvalue weighted by Crippen LogP contribution is 2.13. The Bertz CT molecular complexity index is 797. The fraction of sp³-hybridized carbons (Fsp3) is 0.389. The van der Waals surface area contributed by atoms with Gasteiger partial charge in [0.25, 0.3) is 5.91 Å². The normalized spacial score (nSPS) is 22.2. The van der Waals surface area contributed by atoms with Gasteiger partial charge in [-0.15, -0.1) is 0 Å². The second-order valence-electron chi connectivity index (χ2n) is 6.51. The molecule has 2 fully saturated rings. The zero-order chi connectivity index (χ0) is 20.1. The van der Waals surface area contributed by atoms with Gasteiger partial charge in [0.05, 0.1) is 12.0 Å². The second kappa shape index (κ2) is 8.51. The molecular weight excluding hydrogens is 368 g/mol. The Morgan fingerprint density at radius 1 is 1.14 bits per heavy atom. The largest absolute Gasteiger partial charge is 0.445 e. The van der Waals surface area contributed by atoms with Gasteiger partial charge >= 0.3 is 6.09 Å². The fourth-order valence-electron chi connectivity index (χ4n) is 2.92. The minimum Gasteiger partial charge on any atom is -0.445 e. The number of hydrogen-bond acceptors (Lipinski definition) is 6. The zero-order valence-electron chi connectivity index (χ0n) is 14.9. The molecule has 10 nitrogen and oxygen atoms in total. The van der Waals surface area contributed by atoms with Crippen LogP contribution in [0.1, 0.15) is 12.0 Å². The van der Waals surface area contributed by atoms with Crippen LogP contribution in [0.2, 0.25) is 0 Å². The van der Waals surface area contributed by atoms with Crippen molar-refractivity contribution in [3.63, 3.8) is 0 Å².